The fraction of sp³-hybridized carbons (Fsp3) is 0.125. The maximum Gasteiger partial charge on any atom is 0.272 e. The van der Waals surface area contributed by atoms with Gasteiger partial charge in [-0.2, -0.15) is 5.10 Å². The molecule has 0 aliphatic carbocycles. The summed E-state index contributed by atoms with van der Waals surface area (Å²) < 4.78 is 0. The fourth-order valence-corrected chi connectivity index (χ4v) is 2.27. The summed E-state index contributed by atoms with van der Waals surface area (Å²) in [7, 11) is 0. The van der Waals surface area contributed by atoms with Crippen LogP contribution < -0.4 is 5.56 Å². The maximum absolute atomic E-state index is 11.7. The molecule has 0 aliphatic rings. The summed E-state index contributed by atoms with van der Waals surface area (Å²) in [4.78, 5) is 11.7. The Labute approximate surface area is 110 Å². The first-order chi connectivity index (χ1) is 9.34. The Bertz CT molecular complexity index is 747. The lowest BCUT2D eigenvalue weighted by atomic mass is 10.0. The molecule has 0 saturated carbocycles. The average molecular weight is 250 g/mol. The minimum absolute atomic E-state index is 0.126. The standard InChI is InChI=1S/C16H14N2O/c19-16-14-9-5-4-8-13(14)15(17-18-16)11-10-12-6-2-1-3-7-12/h1-9H,10-11H2,(H,18,19). The van der Waals surface area contributed by atoms with Crippen molar-refractivity contribution in [3.63, 3.8) is 0 Å². The normalized spacial score (nSPS) is 10.7. The fourth-order valence-electron chi connectivity index (χ4n) is 2.27. The van der Waals surface area contributed by atoms with Crippen molar-refractivity contribution in [2.24, 2.45) is 0 Å². The Morgan fingerprint density at radius 2 is 1.53 bits per heavy atom. The van der Waals surface area contributed by atoms with E-state index in [1.165, 1.54) is 5.56 Å². The summed E-state index contributed by atoms with van der Waals surface area (Å²) in [6.45, 7) is 0. The monoisotopic (exact) mass is 250 g/mol. The molecule has 0 saturated heterocycles. The van der Waals surface area contributed by atoms with E-state index in [1.54, 1.807) is 0 Å². The Hall–Kier alpha value is -2.42. The summed E-state index contributed by atoms with van der Waals surface area (Å²) in [6.07, 6.45) is 1.74. The largest absolute Gasteiger partial charge is 0.272 e. The molecule has 0 amide bonds. The molecular weight excluding hydrogens is 236 g/mol. The van der Waals surface area contributed by atoms with E-state index < -0.39 is 0 Å². The second kappa shape index (κ2) is 5.06. The van der Waals surface area contributed by atoms with Crippen molar-refractivity contribution in [3.8, 4) is 0 Å². The van der Waals surface area contributed by atoms with Crippen molar-refractivity contribution >= 4 is 10.8 Å². The van der Waals surface area contributed by atoms with Gasteiger partial charge in [-0.15, -0.1) is 0 Å². The molecule has 0 fully saturated rings. The number of nitrogens with zero attached hydrogens (tertiary/aromatic N) is 1. The molecule has 1 heterocycles. The summed E-state index contributed by atoms with van der Waals surface area (Å²) in [5, 5.41) is 8.41. The van der Waals surface area contributed by atoms with Crippen molar-refractivity contribution in [2.75, 3.05) is 0 Å². The van der Waals surface area contributed by atoms with Crippen LogP contribution in [0.15, 0.2) is 59.4 Å². The summed E-state index contributed by atoms with van der Waals surface area (Å²) in [5.74, 6) is 0. The van der Waals surface area contributed by atoms with Crippen molar-refractivity contribution in [2.45, 2.75) is 12.8 Å². The second-order valence-electron chi connectivity index (χ2n) is 4.53. The first kappa shape index (κ1) is 11.7. The molecule has 2 aromatic carbocycles. The molecule has 19 heavy (non-hydrogen) atoms. The molecule has 0 radical (unpaired) electrons. The van der Waals surface area contributed by atoms with Crippen molar-refractivity contribution in [1.82, 2.24) is 10.2 Å². The quantitative estimate of drug-likeness (QED) is 0.776. The highest BCUT2D eigenvalue weighted by Crippen LogP contribution is 2.14. The number of hydrogen-bond acceptors (Lipinski definition) is 2. The summed E-state index contributed by atoms with van der Waals surface area (Å²) in [6, 6.07) is 17.9. The topological polar surface area (TPSA) is 45.8 Å². The molecule has 0 bridgehead atoms. The van der Waals surface area contributed by atoms with Gasteiger partial charge in [-0.1, -0.05) is 48.5 Å². The van der Waals surface area contributed by atoms with E-state index in [4.69, 9.17) is 0 Å². The molecule has 0 spiro atoms. The highest BCUT2D eigenvalue weighted by atomic mass is 16.1. The van der Waals surface area contributed by atoms with Crippen LogP contribution in [-0.2, 0) is 12.8 Å². The molecule has 0 aliphatic heterocycles. The molecular formula is C16H14N2O. The number of nitrogens with one attached hydrogen (secondary N) is 1. The van der Waals surface area contributed by atoms with E-state index in [0.717, 1.165) is 23.9 Å². The third-order valence-electron chi connectivity index (χ3n) is 3.27. The SMILES string of the molecule is O=c1[nH]nc(CCc2ccccc2)c2ccccc12. The third-order valence-corrected chi connectivity index (χ3v) is 3.27. The van der Waals surface area contributed by atoms with Gasteiger partial charge in [0.25, 0.3) is 5.56 Å². The number of aryl methyl sites for hydroxylation is 2. The summed E-state index contributed by atoms with van der Waals surface area (Å²) >= 11 is 0. The molecule has 3 rings (SSSR count). The van der Waals surface area contributed by atoms with E-state index in [-0.39, 0.29) is 5.56 Å². The number of benzene rings is 2. The van der Waals surface area contributed by atoms with Gasteiger partial charge >= 0.3 is 0 Å². The predicted molar refractivity (Wildman–Crippen MR) is 76.2 cm³/mol. The highest BCUT2D eigenvalue weighted by molar-refractivity contribution is 5.83. The van der Waals surface area contributed by atoms with Crippen molar-refractivity contribution in [3.05, 3.63) is 76.2 Å². The number of rotatable bonds is 3. The van der Waals surface area contributed by atoms with Crippen molar-refractivity contribution in [1.29, 1.82) is 0 Å². The van der Waals surface area contributed by atoms with Gasteiger partial charge in [0.15, 0.2) is 0 Å². The molecule has 3 nitrogen and oxygen atoms in total. The molecule has 3 heteroatoms. The maximum atomic E-state index is 11.7. The molecule has 0 unspecified atom stereocenters. The number of H-pyrrole nitrogens is 1. The van der Waals surface area contributed by atoms with E-state index in [2.05, 4.69) is 22.3 Å². The average Bonchev–Trinajstić information content (AvgIpc) is 2.48. The van der Waals surface area contributed by atoms with Gasteiger partial charge in [-0.3, -0.25) is 4.79 Å². The zero-order valence-electron chi connectivity index (χ0n) is 10.5. The van der Waals surface area contributed by atoms with E-state index >= 15 is 0 Å². The lowest BCUT2D eigenvalue weighted by molar-refractivity contribution is 0.863. The molecule has 94 valence electrons. The van der Waals surface area contributed by atoms with Gasteiger partial charge in [0.2, 0.25) is 0 Å². The predicted octanol–water partition coefficient (Wildman–Crippen LogP) is 2.71. The zero-order chi connectivity index (χ0) is 13.1. The Morgan fingerprint density at radius 3 is 2.32 bits per heavy atom. The van der Waals surface area contributed by atoms with Gasteiger partial charge in [0.05, 0.1) is 11.1 Å². The van der Waals surface area contributed by atoms with E-state index in [0.29, 0.717) is 5.39 Å². The minimum Gasteiger partial charge on any atom is -0.267 e. The van der Waals surface area contributed by atoms with Crippen LogP contribution in [0, 0.1) is 0 Å². The zero-order valence-corrected chi connectivity index (χ0v) is 10.5. The van der Waals surface area contributed by atoms with Crippen LogP contribution in [0.1, 0.15) is 11.3 Å². The summed E-state index contributed by atoms with van der Waals surface area (Å²) in [5.41, 5.74) is 2.10. The van der Waals surface area contributed by atoms with Crippen molar-refractivity contribution < 1.29 is 0 Å². The van der Waals surface area contributed by atoms with Crippen LogP contribution in [-0.4, -0.2) is 10.2 Å². The van der Waals surface area contributed by atoms with E-state index in [9.17, 15) is 4.79 Å². The lowest BCUT2D eigenvalue weighted by Crippen LogP contribution is -2.11. The number of hydrogen-bond donors (Lipinski definition) is 1. The van der Waals surface area contributed by atoms with Crippen LogP contribution >= 0.6 is 0 Å². The van der Waals surface area contributed by atoms with Gasteiger partial charge in [-0.25, -0.2) is 5.10 Å². The smallest absolute Gasteiger partial charge is 0.267 e. The van der Waals surface area contributed by atoms with Crippen LogP contribution in [0.3, 0.4) is 0 Å². The van der Waals surface area contributed by atoms with Crippen LogP contribution in [0.5, 0.6) is 0 Å². The van der Waals surface area contributed by atoms with Gasteiger partial charge in [0, 0.05) is 5.39 Å². The highest BCUT2D eigenvalue weighted by Gasteiger charge is 2.05. The van der Waals surface area contributed by atoms with Crippen LogP contribution in [0.2, 0.25) is 0 Å². The van der Waals surface area contributed by atoms with Gasteiger partial charge in [-0.05, 0) is 24.5 Å². The lowest BCUT2D eigenvalue weighted by Gasteiger charge is -2.04. The molecule has 1 aromatic heterocycles. The first-order valence-electron chi connectivity index (χ1n) is 6.35. The third kappa shape index (κ3) is 2.40. The molecule has 3 aromatic rings. The minimum atomic E-state index is -0.126. The molecule has 1 N–H and O–H groups in total. The number of fused-ring (bicyclic) bond motifs is 1. The van der Waals surface area contributed by atoms with Crippen LogP contribution in [0.25, 0.3) is 10.8 Å². The second-order valence-corrected chi connectivity index (χ2v) is 4.53. The van der Waals surface area contributed by atoms with E-state index in [1.807, 2.05) is 42.5 Å². The Kier molecular flexibility index (Phi) is 3.11. The number of aromatic nitrogens is 2. The molecule has 0 atom stereocenters. The Morgan fingerprint density at radius 1 is 0.842 bits per heavy atom. The first-order valence-corrected chi connectivity index (χ1v) is 6.35. The number of aromatic amines is 1. The van der Waals surface area contributed by atoms with Gasteiger partial charge < -0.3 is 0 Å². The van der Waals surface area contributed by atoms with Crippen LogP contribution in [0.4, 0.5) is 0 Å². The van der Waals surface area contributed by atoms with Gasteiger partial charge in [0.1, 0.15) is 0 Å². The Balaban J connectivity index is 1.94.